The van der Waals surface area contributed by atoms with Gasteiger partial charge in [0.25, 0.3) is 0 Å². The number of carbonyl (C=O) groups is 8. The number of hydrogen-bond donors (Lipinski definition) is 16. The van der Waals surface area contributed by atoms with Gasteiger partial charge in [0, 0.05) is 79.4 Å². The fraction of sp³-hybridized carbons (Fsp3) is 0.875. The van der Waals surface area contributed by atoms with E-state index in [1.165, 1.54) is 56.1 Å². The second kappa shape index (κ2) is 51.9. The third-order valence-electron chi connectivity index (χ3n) is 16.8. The van der Waals surface area contributed by atoms with E-state index in [1.807, 2.05) is 0 Å². The summed E-state index contributed by atoms with van der Waals surface area (Å²) in [7, 11) is -3.41. The number of rotatable bonds is 56. The standard InChI is InChI=1S/C64H115N6O27PS3/c1-41(74)67-52-58(85)55(82)46(34-71)95-61(52)99-31-16-10-5-7-13-20-44(77)24-28-91-37-64(70-51(81)23-19-22-49(79)66-40-94-98(88,89)90-4,38-92-29-25-45(78)21-14-8-6-11-17-32-100-62-53(68-42(2)75)59(86)56(83)47(35-72)96-62)39-93-30-26-50(80)65-27-15-9-12-18-33-101-63-54(69-43(3)76)60(87)57(84)48(36-73)97-63/h46-48,52-63,71-73,82-87H,5-40H2,1-4H3,(H,65,80)(H,66,79)(H,67,74)(H,68,75)(H,69,76)(H,70,81)(H,88,89). The summed E-state index contributed by atoms with van der Waals surface area (Å²) in [5, 5.41) is 108. The number of aliphatic hydroxyl groups excluding tert-OH is 9. The first-order valence-electron chi connectivity index (χ1n) is 34.9. The average Bonchev–Trinajstić information content (AvgIpc) is 0.813. The summed E-state index contributed by atoms with van der Waals surface area (Å²) in [6.45, 7) is 1.15. The Morgan fingerprint density at radius 3 is 1.16 bits per heavy atom. The number of hydrogen-bond acceptors (Lipinski definition) is 29. The molecule has 3 fully saturated rings. The molecule has 0 bridgehead atoms. The van der Waals surface area contributed by atoms with Gasteiger partial charge >= 0.3 is 7.82 Å². The van der Waals surface area contributed by atoms with Crippen molar-refractivity contribution >= 4 is 90.1 Å². The highest BCUT2D eigenvalue weighted by Crippen LogP contribution is 2.41. The van der Waals surface area contributed by atoms with Gasteiger partial charge in [-0.25, -0.2) is 4.57 Å². The summed E-state index contributed by atoms with van der Waals surface area (Å²) in [5.41, 5.74) is -3.53. The van der Waals surface area contributed by atoms with Crippen LogP contribution in [0.5, 0.6) is 0 Å². The molecule has 37 heteroatoms. The molecular formula is C64H115N6O27PS3. The highest BCUT2D eigenvalue weighted by atomic mass is 32.2. The van der Waals surface area contributed by atoms with E-state index in [4.69, 9.17) is 28.4 Å². The zero-order valence-corrected chi connectivity index (χ0v) is 62.0. The average molecular weight is 1530 g/mol. The van der Waals surface area contributed by atoms with Crippen molar-refractivity contribution in [3.05, 3.63) is 0 Å². The monoisotopic (exact) mass is 1530 g/mol. The molecule has 586 valence electrons. The number of ether oxygens (including phenoxy) is 6. The largest absolute Gasteiger partial charge is 0.473 e. The number of amides is 6. The Labute approximate surface area is 604 Å². The Morgan fingerprint density at radius 1 is 0.436 bits per heavy atom. The summed E-state index contributed by atoms with van der Waals surface area (Å²) in [4.78, 5) is 111. The lowest BCUT2D eigenvalue weighted by atomic mass is 9.98. The van der Waals surface area contributed by atoms with Gasteiger partial charge < -0.3 is 111 Å². The lowest BCUT2D eigenvalue weighted by Crippen LogP contribution is -2.63. The first-order valence-corrected chi connectivity index (χ1v) is 39.5. The van der Waals surface area contributed by atoms with E-state index in [0.717, 1.165) is 77.7 Å². The summed E-state index contributed by atoms with van der Waals surface area (Å²) < 4.78 is 56.3. The van der Waals surface area contributed by atoms with E-state index in [2.05, 4.69) is 40.9 Å². The van der Waals surface area contributed by atoms with Gasteiger partial charge in [0.1, 0.15) is 95.1 Å². The van der Waals surface area contributed by atoms with Gasteiger partial charge in [-0.05, 0) is 62.2 Å². The summed E-state index contributed by atoms with van der Waals surface area (Å²) in [6, 6.07) is -2.62. The molecule has 0 aromatic carbocycles. The van der Waals surface area contributed by atoms with Gasteiger partial charge in [0.05, 0.1) is 77.6 Å². The second-order valence-corrected chi connectivity index (χ2v) is 30.6. The van der Waals surface area contributed by atoms with E-state index < -0.39 is 159 Å². The van der Waals surface area contributed by atoms with Crippen molar-refractivity contribution in [1.29, 1.82) is 0 Å². The van der Waals surface area contributed by atoms with E-state index in [-0.39, 0.29) is 108 Å². The van der Waals surface area contributed by atoms with Crippen LogP contribution < -0.4 is 31.9 Å². The second-order valence-electron chi connectivity index (χ2n) is 25.4. The smallest absolute Gasteiger partial charge is 0.394 e. The van der Waals surface area contributed by atoms with Crippen LogP contribution >= 0.6 is 43.1 Å². The molecule has 16 atom stereocenters. The number of carbonyl (C=O) groups excluding carboxylic acids is 8. The first kappa shape index (κ1) is 91.9. The minimum atomic E-state index is -4.37. The van der Waals surface area contributed by atoms with Crippen molar-refractivity contribution in [2.45, 2.75) is 257 Å². The van der Waals surface area contributed by atoms with Gasteiger partial charge in [-0.15, -0.1) is 35.3 Å². The number of nitrogens with one attached hydrogen (secondary N) is 6. The lowest BCUT2D eigenvalue weighted by molar-refractivity contribution is -0.173. The minimum Gasteiger partial charge on any atom is -0.394 e. The number of thioether (sulfide) groups is 3. The Balaban J connectivity index is 1.59. The molecule has 6 amide bonds. The summed E-state index contributed by atoms with van der Waals surface area (Å²) in [6.07, 6.45) is -0.452. The fourth-order valence-corrected chi connectivity index (χ4v) is 15.3. The Kier molecular flexibility index (Phi) is 47.2. The zero-order chi connectivity index (χ0) is 74.8. The van der Waals surface area contributed by atoms with Crippen molar-refractivity contribution in [3.8, 4) is 0 Å². The Hall–Kier alpha value is -3.28. The topological polar surface area (TPSA) is 502 Å². The molecule has 16 N–H and O–H groups in total. The molecule has 0 aliphatic carbocycles. The van der Waals surface area contributed by atoms with Crippen LogP contribution in [0.25, 0.3) is 0 Å². The third-order valence-corrected chi connectivity index (χ3v) is 21.5. The number of Topliss-reactive ketones (excluding diaryl/α,β-unsaturated/α-hetero) is 2. The zero-order valence-electron chi connectivity index (χ0n) is 58.7. The third kappa shape index (κ3) is 37.2. The number of phosphoric ester groups is 1. The van der Waals surface area contributed by atoms with Gasteiger partial charge in [-0.3, -0.25) is 47.4 Å². The first-order chi connectivity index (χ1) is 48.2. The molecular weight excluding hydrogens is 1410 g/mol. The fourth-order valence-electron chi connectivity index (χ4n) is 11.2. The van der Waals surface area contributed by atoms with Crippen molar-refractivity contribution in [3.63, 3.8) is 0 Å². The molecule has 3 saturated heterocycles. The number of ketones is 2. The van der Waals surface area contributed by atoms with Crippen LogP contribution in [0.2, 0.25) is 0 Å². The summed E-state index contributed by atoms with van der Waals surface area (Å²) >= 11 is 4.07. The van der Waals surface area contributed by atoms with E-state index in [9.17, 15) is 93.8 Å². The van der Waals surface area contributed by atoms with Crippen LogP contribution in [0, 0.1) is 0 Å². The number of unbranched alkanes of at least 4 members (excludes halogenated alkanes) is 11. The Morgan fingerprint density at radius 2 is 0.782 bits per heavy atom. The van der Waals surface area contributed by atoms with Crippen LogP contribution in [0.3, 0.4) is 0 Å². The molecule has 0 spiro atoms. The van der Waals surface area contributed by atoms with Crippen LogP contribution in [0.4, 0.5) is 0 Å². The van der Waals surface area contributed by atoms with E-state index >= 15 is 0 Å². The Bertz CT molecular complexity index is 2270. The molecule has 3 aliphatic heterocycles. The molecule has 0 aromatic rings. The molecule has 3 aliphatic rings. The SMILES string of the molecule is COP(=O)(O)OCNC(=O)CCCC(=O)NC(COCCC(=O)CCCCCCCSC1OC(CO)C(O)C(O)C1NC(C)=O)(COCCC(=O)CCCCCCCSC1OC(CO)C(O)C(O)C1NC(C)=O)COCCC(=O)NCCCCCCSC1OC(CO)C(O)C(O)C1NC(C)=O. The molecule has 0 radical (unpaired) electrons. The van der Waals surface area contributed by atoms with Crippen LogP contribution in [0.1, 0.15) is 162 Å². The van der Waals surface area contributed by atoms with Gasteiger partial charge in [-0.2, -0.15) is 0 Å². The minimum absolute atomic E-state index is 0.0204. The van der Waals surface area contributed by atoms with Crippen molar-refractivity contribution in [2.24, 2.45) is 0 Å². The van der Waals surface area contributed by atoms with Crippen molar-refractivity contribution in [2.75, 3.05) is 97.1 Å². The van der Waals surface area contributed by atoms with E-state index in [1.54, 1.807) is 0 Å². The number of phosphoric acid groups is 1. The van der Waals surface area contributed by atoms with E-state index in [0.29, 0.717) is 43.1 Å². The maximum absolute atomic E-state index is 13.8. The van der Waals surface area contributed by atoms with Gasteiger partial charge in [-0.1, -0.05) is 51.4 Å². The lowest BCUT2D eigenvalue weighted by Gasteiger charge is -2.42. The van der Waals surface area contributed by atoms with Crippen molar-refractivity contribution in [1.82, 2.24) is 31.9 Å². The van der Waals surface area contributed by atoms with Crippen LogP contribution in [0.15, 0.2) is 0 Å². The molecule has 101 heavy (non-hydrogen) atoms. The maximum Gasteiger partial charge on any atom is 0.473 e. The van der Waals surface area contributed by atoms with Crippen LogP contribution in [-0.4, -0.2) is 290 Å². The molecule has 0 saturated carbocycles. The normalized spacial score (nSPS) is 26.4. The van der Waals surface area contributed by atoms with Gasteiger partial charge in [0.15, 0.2) is 0 Å². The molecule has 16 unspecified atom stereocenters. The van der Waals surface area contributed by atoms with Crippen LogP contribution in [-0.2, 0) is 80.4 Å². The molecule has 0 aromatic heterocycles. The molecule has 3 rings (SSSR count). The van der Waals surface area contributed by atoms with Crippen molar-refractivity contribution < 1.29 is 131 Å². The maximum atomic E-state index is 13.8. The predicted octanol–water partition coefficient (Wildman–Crippen LogP) is -0.404. The predicted molar refractivity (Wildman–Crippen MR) is 372 cm³/mol. The highest BCUT2D eigenvalue weighted by Gasteiger charge is 2.47. The number of aliphatic hydroxyl groups is 9. The quantitative estimate of drug-likeness (QED) is 0.0209. The molecule has 3 heterocycles. The highest BCUT2D eigenvalue weighted by molar-refractivity contribution is 8.00. The summed E-state index contributed by atoms with van der Waals surface area (Å²) in [5.74, 6) is -0.985. The van der Waals surface area contributed by atoms with Gasteiger partial charge in [0.2, 0.25) is 35.4 Å². The molecule has 33 nitrogen and oxygen atoms in total.